The van der Waals surface area contributed by atoms with E-state index in [4.69, 9.17) is 16.3 Å². The molecule has 0 radical (unpaired) electrons. The van der Waals surface area contributed by atoms with Gasteiger partial charge in [0.15, 0.2) is 6.61 Å². The molecule has 1 amide bonds. The molecule has 7 heteroatoms. The van der Waals surface area contributed by atoms with Gasteiger partial charge in [0, 0.05) is 0 Å². The summed E-state index contributed by atoms with van der Waals surface area (Å²) in [5.74, 6) is 0.313. The maximum absolute atomic E-state index is 12.0. The van der Waals surface area contributed by atoms with E-state index in [1.807, 2.05) is 69.3 Å². The molecule has 0 bridgehead atoms. The maximum Gasteiger partial charge on any atom is 0.277 e. The summed E-state index contributed by atoms with van der Waals surface area (Å²) in [6.07, 6.45) is 1.49. The third-order valence-corrected chi connectivity index (χ3v) is 4.48. The van der Waals surface area contributed by atoms with Crippen LogP contribution in [0.25, 0.3) is 5.69 Å². The van der Waals surface area contributed by atoms with E-state index in [1.165, 1.54) is 6.21 Å². The van der Waals surface area contributed by atoms with Gasteiger partial charge >= 0.3 is 0 Å². The van der Waals surface area contributed by atoms with Gasteiger partial charge in [0.2, 0.25) is 0 Å². The molecule has 28 heavy (non-hydrogen) atoms. The average molecular weight is 397 g/mol. The van der Waals surface area contributed by atoms with E-state index in [1.54, 1.807) is 4.68 Å². The first kappa shape index (κ1) is 19.6. The Bertz CT molecular complexity index is 1010. The second kappa shape index (κ2) is 8.71. The van der Waals surface area contributed by atoms with Crippen molar-refractivity contribution < 1.29 is 9.53 Å². The van der Waals surface area contributed by atoms with Gasteiger partial charge in [-0.3, -0.25) is 4.79 Å². The van der Waals surface area contributed by atoms with Crippen LogP contribution in [0.1, 0.15) is 22.4 Å². The molecule has 0 aliphatic rings. The van der Waals surface area contributed by atoms with Gasteiger partial charge in [0.1, 0.15) is 10.9 Å². The third-order valence-electron chi connectivity index (χ3n) is 4.12. The monoisotopic (exact) mass is 396 g/mol. The SMILES string of the molecule is Cc1ccc(OCC(=O)N/N=C\c2c(C)nn(-c3ccccc3)c2Cl)c(C)c1. The minimum Gasteiger partial charge on any atom is -0.483 e. The molecule has 6 nitrogen and oxygen atoms in total. The van der Waals surface area contributed by atoms with Crippen LogP contribution < -0.4 is 10.2 Å². The smallest absolute Gasteiger partial charge is 0.277 e. The number of hydrazone groups is 1. The molecule has 144 valence electrons. The molecule has 1 heterocycles. The number of hydrogen-bond acceptors (Lipinski definition) is 4. The zero-order valence-electron chi connectivity index (χ0n) is 15.9. The Hall–Kier alpha value is -3.12. The second-order valence-electron chi connectivity index (χ2n) is 6.39. The maximum atomic E-state index is 12.0. The number of nitrogens with zero attached hydrogens (tertiary/aromatic N) is 3. The number of carbonyl (C=O) groups is 1. The van der Waals surface area contributed by atoms with Gasteiger partial charge in [0.25, 0.3) is 5.91 Å². The summed E-state index contributed by atoms with van der Waals surface area (Å²) < 4.78 is 7.17. The van der Waals surface area contributed by atoms with E-state index in [9.17, 15) is 4.79 Å². The number of hydrogen-bond donors (Lipinski definition) is 1. The summed E-state index contributed by atoms with van der Waals surface area (Å²) >= 11 is 6.42. The van der Waals surface area contributed by atoms with Crippen LogP contribution >= 0.6 is 11.6 Å². The van der Waals surface area contributed by atoms with Gasteiger partial charge in [-0.15, -0.1) is 0 Å². The molecule has 0 aliphatic carbocycles. The lowest BCUT2D eigenvalue weighted by Crippen LogP contribution is -2.24. The first-order valence-electron chi connectivity index (χ1n) is 8.78. The van der Waals surface area contributed by atoms with E-state index < -0.39 is 0 Å². The fraction of sp³-hybridized carbons (Fsp3) is 0.190. The van der Waals surface area contributed by atoms with Crippen molar-refractivity contribution in [1.29, 1.82) is 0 Å². The predicted octanol–water partition coefficient (Wildman–Crippen LogP) is 3.98. The van der Waals surface area contributed by atoms with Crippen molar-refractivity contribution in [2.75, 3.05) is 6.61 Å². The predicted molar refractivity (Wildman–Crippen MR) is 110 cm³/mol. The highest BCUT2D eigenvalue weighted by Gasteiger charge is 2.13. The van der Waals surface area contributed by atoms with Gasteiger partial charge < -0.3 is 4.74 Å². The summed E-state index contributed by atoms with van der Waals surface area (Å²) in [5, 5.41) is 8.83. The summed E-state index contributed by atoms with van der Waals surface area (Å²) in [6.45, 7) is 5.65. The number of aryl methyl sites for hydroxylation is 3. The zero-order valence-corrected chi connectivity index (χ0v) is 16.7. The molecule has 3 aromatic rings. The Balaban J connectivity index is 1.61. The van der Waals surface area contributed by atoms with Crippen molar-refractivity contribution in [3.8, 4) is 11.4 Å². The van der Waals surface area contributed by atoms with Crippen LogP contribution in [0.4, 0.5) is 0 Å². The van der Waals surface area contributed by atoms with E-state index in [0.717, 1.165) is 16.8 Å². The number of nitrogens with one attached hydrogen (secondary N) is 1. The third kappa shape index (κ3) is 4.58. The van der Waals surface area contributed by atoms with Crippen LogP contribution in [0, 0.1) is 20.8 Å². The molecular weight excluding hydrogens is 376 g/mol. The summed E-state index contributed by atoms with van der Waals surface area (Å²) in [6, 6.07) is 15.3. The Labute approximate surface area is 168 Å². The molecule has 0 saturated carbocycles. The molecular formula is C21H21ClN4O2. The van der Waals surface area contributed by atoms with E-state index >= 15 is 0 Å². The highest BCUT2D eigenvalue weighted by molar-refractivity contribution is 6.32. The van der Waals surface area contributed by atoms with Crippen molar-refractivity contribution in [2.45, 2.75) is 20.8 Å². The van der Waals surface area contributed by atoms with Crippen LogP contribution in [0.15, 0.2) is 53.6 Å². The van der Waals surface area contributed by atoms with Crippen molar-refractivity contribution in [2.24, 2.45) is 5.10 Å². The number of halogens is 1. The molecule has 3 rings (SSSR count). The molecule has 0 saturated heterocycles. The van der Waals surface area contributed by atoms with Crippen molar-refractivity contribution in [3.63, 3.8) is 0 Å². The Morgan fingerprint density at radius 1 is 1.21 bits per heavy atom. The minimum absolute atomic E-state index is 0.128. The van der Waals surface area contributed by atoms with Gasteiger partial charge in [-0.2, -0.15) is 10.2 Å². The molecule has 0 aliphatic heterocycles. The van der Waals surface area contributed by atoms with Crippen LogP contribution in [0.5, 0.6) is 5.75 Å². The van der Waals surface area contributed by atoms with Gasteiger partial charge in [0.05, 0.1) is 23.2 Å². The highest BCUT2D eigenvalue weighted by atomic mass is 35.5. The quantitative estimate of drug-likeness (QED) is 0.506. The largest absolute Gasteiger partial charge is 0.483 e. The van der Waals surface area contributed by atoms with Gasteiger partial charge in [-0.1, -0.05) is 47.5 Å². The molecule has 2 aromatic carbocycles. The number of benzene rings is 2. The summed E-state index contributed by atoms with van der Waals surface area (Å²) in [5.41, 5.74) is 6.76. The number of carbonyl (C=O) groups excluding carboxylic acids is 1. The fourth-order valence-corrected chi connectivity index (χ4v) is 3.02. The second-order valence-corrected chi connectivity index (χ2v) is 6.75. The summed E-state index contributed by atoms with van der Waals surface area (Å²) in [4.78, 5) is 12.0. The first-order chi connectivity index (χ1) is 13.5. The molecule has 0 unspecified atom stereocenters. The number of aromatic nitrogens is 2. The Kier molecular flexibility index (Phi) is 6.11. The van der Waals surface area contributed by atoms with Crippen molar-refractivity contribution in [1.82, 2.24) is 15.2 Å². The molecule has 1 aromatic heterocycles. The topological polar surface area (TPSA) is 68.5 Å². The number of rotatable bonds is 6. The van der Waals surface area contributed by atoms with Gasteiger partial charge in [-0.05, 0) is 44.5 Å². The number of amides is 1. The van der Waals surface area contributed by atoms with Gasteiger partial charge in [-0.25, -0.2) is 10.1 Å². The normalized spacial score (nSPS) is 11.0. The average Bonchev–Trinajstić information content (AvgIpc) is 2.96. The Morgan fingerprint density at radius 2 is 1.96 bits per heavy atom. The first-order valence-corrected chi connectivity index (χ1v) is 9.16. The molecule has 1 N–H and O–H groups in total. The minimum atomic E-state index is -0.361. The zero-order chi connectivity index (χ0) is 20.1. The van der Waals surface area contributed by atoms with Crippen LogP contribution in [-0.4, -0.2) is 28.5 Å². The fourth-order valence-electron chi connectivity index (χ4n) is 2.70. The lowest BCUT2D eigenvalue weighted by molar-refractivity contribution is -0.123. The Morgan fingerprint density at radius 3 is 2.68 bits per heavy atom. The number of ether oxygens (including phenoxy) is 1. The van der Waals surface area contributed by atoms with Crippen molar-refractivity contribution in [3.05, 3.63) is 76.1 Å². The highest BCUT2D eigenvalue weighted by Crippen LogP contribution is 2.22. The van der Waals surface area contributed by atoms with Crippen LogP contribution in [0.2, 0.25) is 5.15 Å². The molecule has 0 atom stereocenters. The lowest BCUT2D eigenvalue weighted by Gasteiger charge is -2.08. The van der Waals surface area contributed by atoms with Crippen LogP contribution in [-0.2, 0) is 4.79 Å². The lowest BCUT2D eigenvalue weighted by atomic mass is 10.1. The van der Waals surface area contributed by atoms with Crippen LogP contribution in [0.3, 0.4) is 0 Å². The van der Waals surface area contributed by atoms with E-state index in [2.05, 4.69) is 15.6 Å². The van der Waals surface area contributed by atoms with Crippen molar-refractivity contribution >= 4 is 23.7 Å². The number of para-hydroxylation sites is 1. The molecule has 0 spiro atoms. The standard InChI is InChI=1S/C21H21ClN4O2/c1-14-9-10-19(15(2)11-14)28-13-20(27)24-23-12-18-16(3)25-26(21(18)22)17-7-5-4-6-8-17/h4-12H,13H2,1-3H3,(H,24,27)/b23-12-. The summed E-state index contributed by atoms with van der Waals surface area (Å²) in [7, 11) is 0. The van der Waals surface area contributed by atoms with E-state index in [-0.39, 0.29) is 12.5 Å². The van der Waals surface area contributed by atoms with E-state index in [0.29, 0.717) is 22.2 Å². The molecule has 0 fully saturated rings.